The average molecular weight is 430 g/mol. The highest BCUT2D eigenvalue weighted by Crippen LogP contribution is 2.31. The van der Waals surface area contributed by atoms with Crippen molar-refractivity contribution in [2.45, 2.75) is 0 Å². The molecule has 1 fully saturated rings. The van der Waals surface area contributed by atoms with E-state index in [1.807, 2.05) is 0 Å². The summed E-state index contributed by atoms with van der Waals surface area (Å²) in [6.07, 6.45) is 4.33. The summed E-state index contributed by atoms with van der Waals surface area (Å²) in [5.74, 6) is 0.671. The Hall–Kier alpha value is -2.90. The van der Waals surface area contributed by atoms with Crippen molar-refractivity contribution in [2.75, 3.05) is 31.1 Å². The van der Waals surface area contributed by atoms with Gasteiger partial charge in [0, 0.05) is 43.8 Å². The monoisotopic (exact) mass is 429 g/mol. The van der Waals surface area contributed by atoms with E-state index in [4.69, 9.17) is 23.2 Å². The molecule has 1 saturated heterocycles. The molecule has 1 aromatic carbocycles. The van der Waals surface area contributed by atoms with Crippen molar-refractivity contribution in [3.05, 3.63) is 69.8 Å². The molecule has 29 heavy (non-hydrogen) atoms. The largest absolute Gasteiger partial charge is 0.352 e. The lowest BCUT2D eigenvalue weighted by Gasteiger charge is -2.35. The molecular formula is C20H17Cl2N5O2. The van der Waals surface area contributed by atoms with Crippen LogP contribution in [0.1, 0.15) is 0 Å². The van der Waals surface area contributed by atoms with Crippen LogP contribution >= 0.6 is 23.2 Å². The molecule has 9 heteroatoms. The van der Waals surface area contributed by atoms with Crippen molar-refractivity contribution in [1.29, 1.82) is 0 Å². The first-order valence-electron chi connectivity index (χ1n) is 8.97. The molecule has 1 aliphatic rings. The number of nitrogens with zero attached hydrogens (tertiary/aromatic N) is 5. The normalized spacial score (nSPS) is 14.3. The third-order valence-corrected chi connectivity index (χ3v) is 5.41. The van der Waals surface area contributed by atoms with Crippen molar-refractivity contribution in [2.24, 2.45) is 0 Å². The minimum Gasteiger partial charge on any atom is -0.352 e. The summed E-state index contributed by atoms with van der Waals surface area (Å²) >= 11 is 12.6. The van der Waals surface area contributed by atoms with Gasteiger partial charge in [-0.2, -0.15) is 0 Å². The Morgan fingerprint density at radius 3 is 2.59 bits per heavy atom. The number of hydrogen-bond acceptors (Lipinski definition) is 5. The maximum atomic E-state index is 12.3. The molecule has 0 unspecified atom stereocenters. The fraction of sp³-hybridized carbons (Fsp3) is 0.200. The number of rotatable bonds is 3. The number of anilines is 1. The summed E-state index contributed by atoms with van der Waals surface area (Å²) in [4.78, 5) is 36.7. The zero-order valence-corrected chi connectivity index (χ0v) is 16.9. The molecule has 0 bridgehead atoms. The number of aromatic nitrogens is 3. The van der Waals surface area contributed by atoms with Crippen molar-refractivity contribution < 1.29 is 4.79 Å². The first-order valence-corrected chi connectivity index (χ1v) is 9.72. The Labute approximate surface area is 176 Å². The van der Waals surface area contributed by atoms with Crippen LogP contribution in [-0.2, 0) is 4.79 Å². The van der Waals surface area contributed by atoms with Gasteiger partial charge in [0.25, 0.3) is 5.56 Å². The summed E-state index contributed by atoms with van der Waals surface area (Å²) in [5, 5.41) is 1.59. The van der Waals surface area contributed by atoms with Gasteiger partial charge in [-0.1, -0.05) is 29.8 Å². The van der Waals surface area contributed by atoms with Crippen LogP contribution in [0.3, 0.4) is 0 Å². The molecule has 7 nitrogen and oxygen atoms in total. The van der Waals surface area contributed by atoms with E-state index < -0.39 is 0 Å². The third kappa shape index (κ3) is 3.71. The Bertz CT molecular complexity index is 1170. The number of amides is 1. The standard InChI is InChI=1S/C20H17Cl2N5O2/c1-2-18(28)25-5-7-26(8-6-25)20-14-9-15(22)17(10-16(14)23-12-24-20)27-11-13(21)3-4-19(27)29/h2-4,9-12H,1,5-8H2. The molecule has 0 aliphatic carbocycles. The second-order valence-corrected chi connectivity index (χ2v) is 7.43. The van der Waals surface area contributed by atoms with E-state index in [9.17, 15) is 9.59 Å². The predicted molar refractivity (Wildman–Crippen MR) is 114 cm³/mol. The topological polar surface area (TPSA) is 71.3 Å². The molecule has 3 heterocycles. The van der Waals surface area contributed by atoms with E-state index in [-0.39, 0.29) is 11.5 Å². The van der Waals surface area contributed by atoms with Crippen LogP contribution in [0.4, 0.5) is 5.82 Å². The van der Waals surface area contributed by atoms with Gasteiger partial charge in [-0.15, -0.1) is 0 Å². The smallest absolute Gasteiger partial charge is 0.255 e. The van der Waals surface area contributed by atoms with E-state index >= 15 is 0 Å². The highest BCUT2D eigenvalue weighted by molar-refractivity contribution is 6.33. The molecule has 3 aromatic rings. The lowest BCUT2D eigenvalue weighted by molar-refractivity contribution is -0.126. The van der Waals surface area contributed by atoms with Crippen LogP contribution in [0, 0.1) is 0 Å². The molecule has 1 amide bonds. The van der Waals surface area contributed by atoms with Gasteiger partial charge in [0.05, 0.1) is 21.2 Å². The van der Waals surface area contributed by atoms with Gasteiger partial charge < -0.3 is 9.80 Å². The Kier molecular flexibility index (Phi) is 5.25. The number of halogens is 2. The van der Waals surface area contributed by atoms with Gasteiger partial charge in [0.2, 0.25) is 5.91 Å². The SMILES string of the molecule is C=CC(=O)N1CCN(c2ncnc3cc(-n4cc(Cl)ccc4=O)c(Cl)cc23)CC1. The van der Waals surface area contributed by atoms with Crippen LogP contribution in [0.25, 0.3) is 16.6 Å². The molecule has 0 atom stereocenters. The summed E-state index contributed by atoms with van der Waals surface area (Å²) in [6, 6.07) is 6.43. The van der Waals surface area contributed by atoms with Crippen LogP contribution < -0.4 is 10.5 Å². The Balaban J connectivity index is 1.73. The van der Waals surface area contributed by atoms with Gasteiger partial charge >= 0.3 is 0 Å². The number of pyridine rings is 1. The quantitative estimate of drug-likeness (QED) is 0.598. The average Bonchev–Trinajstić information content (AvgIpc) is 2.74. The molecular weight excluding hydrogens is 413 g/mol. The van der Waals surface area contributed by atoms with Gasteiger partial charge in [0.1, 0.15) is 12.1 Å². The third-order valence-electron chi connectivity index (χ3n) is 4.88. The van der Waals surface area contributed by atoms with Gasteiger partial charge in [-0.3, -0.25) is 14.2 Å². The molecule has 0 radical (unpaired) electrons. The molecule has 0 saturated carbocycles. The highest BCUT2D eigenvalue weighted by atomic mass is 35.5. The number of carbonyl (C=O) groups excluding carboxylic acids is 1. The van der Waals surface area contributed by atoms with Crippen molar-refractivity contribution >= 4 is 45.8 Å². The van der Waals surface area contributed by atoms with E-state index in [1.54, 1.807) is 17.0 Å². The maximum absolute atomic E-state index is 12.3. The Morgan fingerprint density at radius 2 is 1.86 bits per heavy atom. The number of benzene rings is 1. The lowest BCUT2D eigenvalue weighted by Crippen LogP contribution is -2.48. The zero-order chi connectivity index (χ0) is 20.5. The predicted octanol–water partition coefficient (Wildman–Crippen LogP) is 2.92. The Morgan fingerprint density at radius 1 is 1.10 bits per heavy atom. The highest BCUT2D eigenvalue weighted by Gasteiger charge is 2.22. The van der Waals surface area contributed by atoms with Crippen molar-refractivity contribution in [1.82, 2.24) is 19.4 Å². The molecule has 0 spiro atoms. The van der Waals surface area contributed by atoms with Crippen LogP contribution in [0.2, 0.25) is 10.0 Å². The van der Waals surface area contributed by atoms with Crippen molar-refractivity contribution in [3.8, 4) is 5.69 Å². The molecule has 2 aromatic heterocycles. The van der Waals surface area contributed by atoms with Gasteiger partial charge in [-0.25, -0.2) is 9.97 Å². The van der Waals surface area contributed by atoms with Gasteiger partial charge in [0.15, 0.2) is 0 Å². The number of hydrogen-bond donors (Lipinski definition) is 0. The number of piperazine rings is 1. The van der Waals surface area contributed by atoms with Gasteiger partial charge in [-0.05, 0) is 24.3 Å². The summed E-state index contributed by atoms with van der Waals surface area (Å²) in [6.45, 7) is 5.98. The lowest BCUT2D eigenvalue weighted by atomic mass is 10.2. The number of fused-ring (bicyclic) bond motifs is 1. The van der Waals surface area contributed by atoms with Crippen molar-refractivity contribution in [3.63, 3.8) is 0 Å². The minimum absolute atomic E-state index is 0.0724. The number of carbonyl (C=O) groups is 1. The zero-order valence-electron chi connectivity index (χ0n) is 15.4. The van der Waals surface area contributed by atoms with E-state index in [0.717, 1.165) is 11.2 Å². The first kappa shape index (κ1) is 19.4. The van der Waals surface area contributed by atoms with E-state index in [2.05, 4.69) is 21.4 Å². The fourth-order valence-electron chi connectivity index (χ4n) is 3.41. The molecule has 1 aliphatic heterocycles. The fourth-order valence-corrected chi connectivity index (χ4v) is 3.82. The van der Waals surface area contributed by atoms with Crippen LogP contribution in [-0.4, -0.2) is 51.5 Å². The summed E-state index contributed by atoms with van der Waals surface area (Å²) in [5.41, 5.74) is 0.913. The minimum atomic E-state index is -0.243. The second-order valence-electron chi connectivity index (χ2n) is 6.59. The summed E-state index contributed by atoms with van der Waals surface area (Å²) < 4.78 is 1.39. The maximum Gasteiger partial charge on any atom is 0.255 e. The second kappa shape index (κ2) is 7.85. The van der Waals surface area contributed by atoms with E-state index in [1.165, 1.54) is 35.3 Å². The van der Waals surface area contributed by atoms with Crippen LogP contribution in [0.5, 0.6) is 0 Å². The first-order chi connectivity index (χ1) is 14.0. The molecule has 4 rings (SSSR count). The van der Waals surface area contributed by atoms with E-state index in [0.29, 0.717) is 47.4 Å². The van der Waals surface area contributed by atoms with Crippen LogP contribution in [0.15, 0.2) is 54.2 Å². The molecule has 0 N–H and O–H groups in total. The molecule has 148 valence electrons. The summed E-state index contributed by atoms with van der Waals surface area (Å²) in [7, 11) is 0.